The Morgan fingerprint density at radius 1 is 1.45 bits per heavy atom. The van der Waals surface area contributed by atoms with Gasteiger partial charge in [0.15, 0.2) is 0 Å². The van der Waals surface area contributed by atoms with Crippen LogP contribution < -0.4 is 5.32 Å². The highest BCUT2D eigenvalue weighted by molar-refractivity contribution is 5.77. The molecule has 1 unspecified atom stereocenters. The van der Waals surface area contributed by atoms with E-state index in [2.05, 4.69) is 17.3 Å². The Kier molecular flexibility index (Phi) is 6.22. The molecule has 0 aliphatic carbocycles. The summed E-state index contributed by atoms with van der Waals surface area (Å²) in [5, 5.41) is 12.5. The molecule has 0 bridgehead atoms. The van der Waals surface area contributed by atoms with Gasteiger partial charge in [-0.2, -0.15) is 0 Å². The molecule has 1 amide bonds. The average molecular weight is 285 g/mol. The van der Waals surface area contributed by atoms with Crippen molar-refractivity contribution in [1.29, 1.82) is 0 Å². The van der Waals surface area contributed by atoms with Crippen LogP contribution in [0.2, 0.25) is 0 Å². The second-order valence-corrected chi connectivity index (χ2v) is 5.75. The molecule has 1 atom stereocenters. The van der Waals surface area contributed by atoms with Crippen LogP contribution in [0.4, 0.5) is 0 Å². The predicted molar refractivity (Wildman–Crippen MR) is 76.5 cm³/mol. The molecule has 6 heteroatoms. The minimum atomic E-state index is -0.0243. The number of ether oxygens (including phenoxy) is 1. The number of morpholine rings is 1. The van der Waals surface area contributed by atoms with Crippen LogP contribution in [0.1, 0.15) is 19.3 Å². The lowest BCUT2D eigenvalue weighted by Crippen LogP contribution is -2.49. The summed E-state index contributed by atoms with van der Waals surface area (Å²) >= 11 is 0. The van der Waals surface area contributed by atoms with Gasteiger partial charge in [0.2, 0.25) is 5.91 Å². The monoisotopic (exact) mass is 285 g/mol. The van der Waals surface area contributed by atoms with Crippen molar-refractivity contribution >= 4 is 5.91 Å². The van der Waals surface area contributed by atoms with E-state index in [9.17, 15) is 9.90 Å². The van der Waals surface area contributed by atoms with Crippen molar-refractivity contribution in [2.24, 2.45) is 0 Å². The van der Waals surface area contributed by atoms with Gasteiger partial charge in [-0.05, 0) is 33.0 Å². The number of nitrogens with zero attached hydrogens (tertiary/aromatic N) is 2. The van der Waals surface area contributed by atoms with Crippen LogP contribution in [0, 0.1) is 0 Å². The summed E-state index contributed by atoms with van der Waals surface area (Å²) in [4.78, 5) is 16.6. The Morgan fingerprint density at radius 2 is 2.20 bits per heavy atom. The van der Waals surface area contributed by atoms with Crippen LogP contribution in [-0.2, 0) is 9.53 Å². The van der Waals surface area contributed by atoms with Crippen LogP contribution in [-0.4, -0.2) is 85.9 Å². The van der Waals surface area contributed by atoms with Crippen molar-refractivity contribution in [3.05, 3.63) is 0 Å². The molecule has 6 nitrogen and oxygen atoms in total. The summed E-state index contributed by atoms with van der Waals surface area (Å²) in [6, 6.07) is 0.266. The topological polar surface area (TPSA) is 65.0 Å². The quantitative estimate of drug-likeness (QED) is 0.698. The highest BCUT2D eigenvalue weighted by Crippen LogP contribution is 2.17. The maximum atomic E-state index is 12.5. The molecule has 2 saturated heterocycles. The summed E-state index contributed by atoms with van der Waals surface area (Å²) in [6.45, 7) is 4.77. The molecular weight excluding hydrogens is 258 g/mol. The van der Waals surface area contributed by atoms with Crippen LogP contribution in [0.15, 0.2) is 0 Å². The summed E-state index contributed by atoms with van der Waals surface area (Å²) < 4.78 is 5.60. The normalized spacial score (nSPS) is 25.6. The molecule has 0 aromatic heterocycles. The number of amides is 1. The van der Waals surface area contributed by atoms with Crippen molar-refractivity contribution in [1.82, 2.24) is 15.1 Å². The van der Waals surface area contributed by atoms with Crippen LogP contribution >= 0.6 is 0 Å². The first-order valence-electron chi connectivity index (χ1n) is 7.62. The lowest BCUT2D eigenvalue weighted by Gasteiger charge is -2.38. The molecule has 20 heavy (non-hydrogen) atoms. The zero-order chi connectivity index (χ0) is 14.4. The van der Waals surface area contributed by atoms with Crippen LogP contribution in [0.5, 0.6) is 0 Å². The van der Waals surface area contributed by atoms with Crippen LogP contribution in [0.25, 0.3) is 0 Å². The first kappa shape index (κ1) is 15.7. The van der Waals surface area contributed by atoms with Gasteiger partial charge in [-0.15, -0.1) is 0 Å². The predicted octanol–water partition coefficient (Wildman–Crippen LogP) is -0.720. The average Bonchev–Trinajstić information content (AvgIpc) is 2.47. The Bertz CT molecular complexity index is 300. The third-order valence-corrected chi connectivity index (χ3v) is 4.20. The molecule has 0 aromatic rings. The minimum absolute atomic E-state index is 0.0243. The van der Waals surface area contributed by atoms with Gasteiger partial charge in [-0.3, -0.25) is 4.79 Å². The van der Waals surface area contributed by atoms with Gasteiger partial charge < -0.3 is 25.0 Å². The fourth-order valence-corrected chi connectivity index (χ4v) is 2.99. The smallest absolute Gasteiger partial charge is 0.225 e. The third kappa shape index (κ3) is 4.41. The van der Waals surface area contributed by atoms with E-state index in [0.29, 0.717) is 19.6 Å². The second-order valence-electron chi connectivity index (χ2n) is 5.75. The third-order valence-electron chi connectivity index (χ3n) is 4.20. The number of likely N-dealkylation sites (tertiary alicyclic amines) is 1. The van der Waals surface area contributed by atoms with Gasteiger partial charge in [-0.25, -0.2) is 0 Å². The number of carbonyl (C=O) groups is 1. The van der Waals surface area contributed by atoms with Crippen molar-refractivity contribution in [2.75, 3.05) is 53.0 Å². The molecule has 2 heterocycles. The van der Waals surface area contributed by atoms with E-state index in [1.807, 2.05) is 4.90 Å². The molecule has 2 fully saturated rings. The highest BCUT2D eigenvalue weighted by Gasteiger charge is 2.28. The van der Waals surface area contributed by atoms with E-state index in [0.717, 1.165) is 39.0 Å². The Labute approximate surface area is 121 Å². The number of hydrogen-bond donors (Lipinski definition) is 2. The number of aliphatic hydroxyl groups excluding tert-OH is 1. The van der Waals surface area contributed by atoms with Crippen LogP contribution in [0.3, 0.4) is 0 Å². The molecule has 0 aromatic carbocycles. The molecular formula is C14H27N3O3. The fraction of sp³-hybridized carbons (Fsp3) is 0.929. The van der Waals surface area contributed by atoms with Gasteiger partial charge in [0.1, 0.15) is 0 Å². The summed E-state index contributed by atoms with van der Waals surface area (Å²) in [7, 11) is 2.11. The van der Waals surface area contributed by atoms with Gasteiger partial charge in [0.05, 0.1) is 25.7 Å². The van der Waals surface area contributed by atoms with Crippen molar-refractivity contribution < 1.29 is 14.6 Å². The first-order chi connectivity index (χ1) is 9.70. The largest absolute Gasteiger partial charge is 0.395 e. The van der Waals surface area contributed by atoms with E-state index >= 15 is 0 Å². The molecule has 0 radical (unpaired) electrons. The lowest BCUT2D eigenvalue weighted by molar-refractivity contribution is -0.138. The molecule has 2 N–H and O–H groups in total. The van der Waals surface area contributed by atoms with Crippen molar-refractivity contribution in [3.63, 3.8) is 0 Å². The number of piperidine rings is 1. The molecule has 0 saturated carbocycles. The van der Waals surface area contributed by atoms with Gasteiger partial charge >= 0.3 is 0 Å². The van der Waals surface area contributed by atoms with Crippen molar-refractivity contribution in [3.8, 4) is 0 Å². The number of rotatable bonds is 5. The number of aliphatic hydroxyl groups is 1. The van der Waals surface area contributed by atoms with Gasteiger partial charge in [-0.1, -0.05) is 0 Å². The van der Waals surface area contributed by atoms with E-state index in [1.54, 1.807) is 0 Å². The van der Waals surface area contributed by atoms with E-state index in [-0.39, 0.29) is 24.7 Å². The molecule has 116 valence electrons. The number of carbonyl (C=O) groups excluding carboxylic acids is 1. The summed E-state index contributed by atoms with van der Waals surface area (Å²) in [6.07, 6.45) is 2.38. The number of hydrogen-bond acceptors (Lipinski definition) is 5. The van der Waals surface area contributed by atoms with E-state index < -0.39 is 0 Å². The number of nitrogens with one attached hydrogen (secondary N) is 1. The zero-order valence-corrected chi connectivity index (χ0v) is 12.4. The van der Waals surface area contributed by atoms with Crippen molar-refractivity contribution in [2.45, 2.75) is 31.4 Å². The Hall–Kier alpha value is -0.690. The fourth-order valence-electron chi connectivity index (χ4n) is 2.99. The van der Waals surface area contributed by atoms with E-state index in [1.165, 1.54) is 0 Å². The second kappa shape index (κ2) is 7.93. The first-order valence-corrected chi connectivity index (χ1v) is 7.62. The Balaban J connectivity index is 1.87. The van der Waals surface area contributed by atoms with Gasteiger partial charge in [0.25, 0.3) is 0 Å². The lowest BCUT2D eigenvalue weighted by atomic mass is 10.0. The molecule has 2 aliphatic heterocycles. The zero-order valence-electron chi connectivity index (χ0n) is 12.4. The standard InChI is InChI=1S/C14H27N3O3/c1-16-5-2-12(3-6-16)17(7-8-18)14(19)10-13-11-15-4-9-20-13/h12-13,15,18H,2-11H2,1H3. The summed E-state index contributed by atoms with van der Waals surface area (Å²) in [5.74, 6) is 0.113. The van der Waals surface area contributed by atoms with Gasteiger partial charge in [0, 0.05) is 25.7 Å². The minimum Gasteiger partial charge on any atom is -0.395 e. The van der Waals surface area contributed by atoms with E-state index in [4.69, 9.17) is 4.74 Å². The maximum Gasteiger partial charge on any atom is 0.225 e. The highest BCUT2D eigenvalue weighted by atomic mass is 16.5. The Morgan fingerprint density at radius 3 is 2.80 bits per heavy atom. The summed E-state index contributed by atoms with van der Waals surface area (Å²) in [5.41, 5.74) is 0. The molecule has 0 spiro atoms. The SMILES string of the molecule is CN1CCC(N(CCO)C(=O)CC2CNCCO2)CC1. The molecule has 2 rings (SSSR count). The maximum absolute atomic E-state index is 12.5. The molecule has 2 aliphatic rings.